The van der Waals surface area contributed by atoms with Crippen molar-refractivity contribution < 1.29 is 14.3 Å². The van der Waals surface area contributed by atoms with E-state index >= 15 is 0 Å². The van der Waals surface area contributed by atoms with E-state index in [1.165, 1.54) is 0 Å². The number of nitrogens with zero attached hydrogens (tertiary/aromatic N) is 2. The molecule has 0 saturated carbocycles. The zero-order chi connectivity index (χ0) is 19.7. The topological polar surface area (TPSA) is 63.2 Å². The van der Waals surface area contributed by atoms with E-state index in [1.807, 2.05) is 43.5 Å². The third-order valence-electron chi connectivity index (χ3n) is 3.89. The summed E-state index contributed by atoms with van der Waals surface area (Å²) in [6.07, 6.45) is 5.11. The molecule has 0 amide bonds. The SMILES string of the molecule is C=C/C(=C\C(=NC)NC)OCc1ccccc1.O=CCCN1CCOCC1. The van der Waals surface area contributed by atoms with Crippen LogP contribution in [0.2, 0.25) is 0 Å². The van der Waals surface area contributed by atoms with E-state index in [1.54, 1.807) is 13.1 Å². The molecule has 1 fully saturated rings. The number of nitrogens with one attached hydrogen (secondary N) is 1. The molecule has 148 valence electrons. The Bertz CT molecular complexity index is 594. The van der Waals surface area contributed by atoms with Crippen LogP contribution in [0.5, 0.6) is 0 Å². The van der Waals surface area contributed by atoms with Crippen LogP contribution in [0.4, 0.5) is 0 Å². The summed E-state index contributed by atoms with van der Waals surface area (Å²) < 4.78 is 10.8. The van der Waals surface area contributed by atoms with Crippen LogP contribution in [0.1, 0.15) is 12.0 Å². The van der Waals surface area contributed by atoms with Crippen molar-refractivity contribution >= 4 is 12.1 Å². The number of benzene rings is 1. The monoisotopic (exact) mass is 373 g/mol. The Hall–Kier alpha value is -2.44. The molecule has 0 unspecified atom stereocenters. The van der Waals surface area contributed by atoms with Gasteiger partial charge in [0, 0.05) is 46.2 Å². The molecule has 6 nitrogen and oxygen atoms in total. The Balaban J connectivity index is 0.000000309. The molecule has 1 aromatic carbocycles. The highest BCUT2D eigenvalue weighted by Crippen LogP contribution is 2.06. The number of rotatable bonds is 8. The lowest BCUT2D eigenvalue weighted by Gasteiger charge is -2.25. The highest BCUT2D eigenvalue weighted by Gasteiger charge is 2.08. The van der Waals surface area contributed by atoms with Crippen LogP contribution in [0.25, 0.3) is 0 Å². The molecule has 0 aromatic heterocycles. The average molecular weight is 373 g/mol. The summed E-state index contributed by atoms with van der Waals surface area (Å²) in [5, 5.41) is 2.96. The second-order valence-corrected chi connectivity index (χ2v) is 5.79. The largest absolute Gasteiger partial charge is 0.489 e. The summed E-state index contributed by atoms with van der Waals surface area (Å²) in [5.74, 6) is 1.46. The number of likely N-dealkylation sites (N-methyl/N-ethyl adjacent to an activating group) is 1. The van der Waals surface area contributed by atoms with Crippen molar-refractivity contribution in [3.05, 3.63) is 60.4 Å². The average Bonchev–Trinajstić information content (AvgIpc) is 2.74. The van der Waals surface area contributed by atoms with Crippen molar-refractivity contribution in [3.63, 3.8) is 0 Å². The third-order valence-corrected chi connectivity index (χ3v) is 3.89. The first-order chi connectivity index (χ1) is 13.2. The van der Waals surface area contributed by atoms with Crippen molar-refractivity contribution in [2.75, 3.05) is 46.9 Å². The molecule has 1 saturated heterocycles. The van der Waals surface area contributed by atoms with E-state index < -0.39 is 0 Å². The number of hydrogen-bond donors (Lipinski definition) is 1. The van der Waals surface area contributed by atoms with Gasteiger partial charge in [0.2, 0.25) is 0 Å². The summed E-state index contributed by atoms with van der Waals surface area (Å²) in [5.41, 5.74) is 1.12. The van der Waals surface area contributed by atoms with Crippen LogP contribution < -0.4 is 5.32 Å². The molecule has 0 bridgehead atoms. The quantitative estimate of drug-likeness (QED) is 0.249. The molecule has 0 radical (unpaired) electrons. The maximum absolute atomic E-state index is 9.99. The molecule has 1 heterocycles. The van der Waals surface area contributed by atoms with Gasteiger partial charge in [-0.2, -0.15) is 0 Å². The van der Waals surface area contributed by atoms with E-state index in [9.17, 15) is 4.79 Å². The normalized spacial score (nSPS) is 15.3. The lowest BCUT2D eigenvalue weighted by molar-refractivity contribution is -0.108. The number of ether oxygens (including phenoxy) is 2. The van der Waals surface area contributed by atoms with Gasteiger partial charge in [0.05, 0.1) is 13.2 Å². The predicted octanol–water partition coefficient (Wildman–Crippen LogP) is 2.43. The van der Waals surface area contributed by atoms with E-state index in [2.05, 4.69) is 21.8 Å². The minimum Gasteiger partial charge on any atom is -0.489 e. The molecule has 1 aromatic rings. The smallest absolute Gasteiger partial charge is 0.124 e. The first kappa shape index (κ1) is 22.6. The molecule has 2 rings (SSSR count). The first-order valence-electron chi connectivity index (χ1n) is 9.12. The molecule has 0 atom stereocenters. The molecule has 1 aliphatic heterocycles. The number of allylic oxidation sites excluding steroid dienone is 1. The van der Waals surface area contributed by atoms with Gasteiger partial charge < -0.3 is 19.6 Å². The second kappa shape index (κ2) is 14.7. The number of aliphatic imine (C=N–C) groups is 1. The van der Waals surface area contributed by atoms with Gasteiger partial charge in [-0.25, -0.2) is 0 Å². The Morgan fingerprint density at radius 1 is 1.33 bits per heavy atom. The van der Waals surface area contributed by atoms with Crippen molar-refractivity contribution in [1.82, 2.24) is 10.2 Å². The summed E-state index contributed by atoms with van der Waals surface area (Å²) in [6.45, 7) is 8.74. The van der Waals surface area contributed by atoms with Gasteiger partial charge in [-0.05, 0) is 11.6 Å². The van der Waals surface area contributed by atoms with Gasteiger partial charge in [0.25, 0.3) is 0 Å². The van der Waals surface area contributed by atoms with E-state index in [0.717, 1.165) is 50.5 Å². The van der Waals surface area contributed by atoms with Crippen molar-refractivity contribution in [2.45, 2.75) is 13.0 Å². The summed E-state index contributed by atoms with van der Waals surface area (Å²) in [6, 6.07) is 10.0. The fraction of sp³-hybridized carbons (Fsp3) is 0.429. The van der Waals surface area contributed by atoms with Crippen LogP contribution in [0.15, 0.2) is 59.8 Å². The molecular formula is C21H31N3O3. The Morgan fingerprint density at radius 3 is 2.59 bits per heavy atom. The van der Waals surface area contributed by atoms with Gasteiger partial charge in [0.1, 0.15) is 24.5 Å². The first-order valence-corrected chi connectivity index (χ1v) is 9.12. The Kier molecular flexibility index (Phi) is 12.3. The molecule has 0 spiro atoms. The fourth-order valence-electron chi connectivity index (χ4n) is 2.34. The number of morpholine rings is 1. The molecule has 6 heteroatoms. The summed E-state index contributed by atoms with van der Waals surface area (Å²) in [4.78, 5) is 16.3. The molecule has 27 heavy (non-hydrogen) atoms. The Labute approximate surface area is 162 Å². The van der Waals surface area contributed by atoms with Gasteiger partial charge in [-0.3, -0.25) is 9.89 Å². The number of aldehydes is 1. The van der Waals surface area contributed by atoms with Crippen LogP contribution >= 0.6 is 0 Å². The molecule has 1 aliphatic rings. The maximum atomic E-state index is 9.99. The highest BCUT2D eigenvalue weighted by molar-refractivity contribution is 5.93. The standard InChI is InChI=1S/C14H18N2O.C7H13NO2/c1-4-13(10-14(15-2)16-3)17-11-12-8-6-5-7-9-12;9-5-1-2-8-3-6-10-7-4-8/h4-10H,1,11H2,2-3H3,(H,15,16);5H,1-4,6-7H2/b13-10+;. The maximum Gasteiger partial charge on any atom is 0.124 e. The van der Waals surface area contributed by atoms with Crippen LogP contribution in [-0.2, 0) is 20.9 Å². The molecular weight excluding hydrogens is 342 g/mol. The van der Waals surface area contributed by atoms with Crippen LogP contribution in [0, 0.1) is 0 Å². The van der Waals surface area contributed by atoms with Gasteiger partial charge in [0.15, 0.2) is 0 Å². The van der Waals surface area contributed by atoms with Crippen LogP contribution in [-0.4, -0.2) is 64.0 Å². The lowest BCUT2D eigenvalue weighted by Crippen LogP contribution is -2.36. The van der Waals surface area contributed by atoms with Gasteiger partial charge in [-0.1, -0.05) is 36.9 Å². The van der Waals surface area contributed by atoms with Crippen molar-refractivity contribution in [1.29, 1.82) is 0 Å². The van der Waals surface area contributed by atoms with Crippen molar-refractivity contribution in [3.8, 4) is 0 Å². The van der Waals surface area contributed by atoms with Gasteiger partial charge in [-0.15, -0.1) is 0 Å². The molecule has 0 aliphatic carbocycles. The number of carbonyl (C=O) groups excluding carboxylic acids is 1. The number of carbonyl (C=O) groups is 1. The zero-order valence-electron chi connectivity index (χ0n) is 16.4. The van der Waals surface area contributed by atoms with E-state index in [4.69, 9.17) is 9.47 Å². The van der Waals surface area contributed by atoms with E-state index in [-0.39, 0.29) is 0 Å². The second-order valence-electron chi connectivity index (χ2n) is 5.79. The third kappa shape index (κ3) is 10.3. The lowest BCUT2D eigenvalue weighted by atomic mass is 10.2. The van der Waals surface area contributed by atoms with Gasteiger partial charge >= 0.3 is 0 Å². The fourth-order valence-corrected chi connectivity index (χ4v) is 2.34. The van der Waals surface area contributed by atoms with Crippen molar-refractivity contribution in [2.24, 2.45) is 4.99 Å². The number of amidine groups is 1. The zero-order valence-corrected chi connectivity index (χ0v) is 16.4. The summed E-state index contributed by atoms with van der Waals surface area (Å²) >= 11 is 0. The molecule has 1 N–H and O–H groups in total. The minimum absolute atomic E-state index is 0.527. The Morgan fingerprint density at radius 2 is 2.04 bits per heavy atom. The summed E-state index contributed by atoms with van der Waals surface area (Å²) in [7, 11) is 3.54. The highest BCUT2D eigenvalue weighted by atomic mass is 16.5. The van der Waals surface area contributed by atoms with E-state index in [0.29, 0.717) is 18.8 Å². The minimum atomic E-state index is 0.527. The van der Waals surface area contributed by atoms with Crippen LogP contribution in [0.3, 0.4) is 0 Å². The number of hydrogen-bond acceptors (Lipinski definition) is 5. The predicted molar refractivity (Wildman–Crippen MR) is 110 cm³/mol.